The highest BCUT2D eigenvalue weighted by molar-refractivity contribution is 6.31. The molecule has 0 unspecified atom stereocenters. The van der Waals surface area contributed by atoms with Crippen molar-refractivity contribution in [2.24, 2.45) is 0 Å². The van der Waals surface area contributed by atoms with Crippen LogP contribution in [0.5, 0.6) is 5.75 Å². The molecule has 1 aromatic carbocycles. The molecule has 0 aromatic heterocycles. The molecule has 1 heterocycles. The highest BCUT2D eigenvalue weighted by Crippen LogP contribution is 2.29. The van der Waals surface area contributed by atoms with E-state index in [1.165, 1.54) is 41.9 Å². The van der Waals surface area contributed by atoms with Gasteiger partial charge in [-0.15, -0.1) is 11.6 Å². The van der Waals surface area contributed by atoms with Crippen molar-refractivity contribution < 1.29 is 19.1 Å². The number of hydrogen-bond acceptors (Lipinski definition) is 4. The van der Waals surface area contributed by atoms with E-state index in [2.05, 4.69) is 6.92 Å². The molecule has 4 amide bonds. The Morgan fingerprint density at radius 2 is 1.60 bits per heavy atom. The average Bonchev–Trinajstić information content (AvgIpc) is 2.87. The molecule has 0 spiro atoms. The van der Waals surface area contributed by atoms with E-state index >= 15 is 0 Å². The normalized spacial score (nSPS) is 18.6. The van der Waals surface area contributed by atoms with Crippen LogP contribution >= 0.6 is 11.6 Å². The predicted octanol–water partition coefficient (Wildman–Crippen LogP) is 6.56. The molecular weight excluding hydrogens is 464 g/mol. The number of urea groups is 1. The Kier molecular flexibility index (Phi) is 11.1. The van der Waals surface area contributed by atoms with Gasteiger partial charge in [-0.1, -0.05) is 70.4 Å². The van der Waals surface area contributed by atoms with Crippen molar-refractivity contribution in [3.8, 4) is 5.75 Å². The van der Waals surface area contributed by atoms with Gasteiger partial charge in [0, 0.05) is 18.5 Å². The van der Waals surface area contributed by atoms with Crippen molar-refractivity contribution in [1.29, 1.82) is 0 Å². The maximum atomic E-state index is 13.3. The number of carbonyl (C=O) groups excluding carboxylic acids is 3. The summed E-state index contributed by atoms with van der Waals surface area (Å²) in [5, 5.41) is 0. The Bertz CT molecular complexity index is 877. The summed E-state index contributed by atoms with van der Waals surface area (Å²) in [6.45, 7) is 3.10. The zero-order valence-electron chi connectivity index (χ0n) is 21.0. The second-order valence-corrected chi connectivity index (χ2v) is 9.87. The van der Waals surface area contributed by atoms with Crippen LogP contribution in [0.15, 0.2) is 29.8 Å². The van der Waals surface area contributed by atoms with Gasteiger partial charge in [0.1, 0.15) is 11.3 Å². The molecule has 3 rings (SSSR count). The van der Waals surface area contributed by atoms with Crippen molar-refractivity contribution in [2.45, 2.75) is 90.0 Å². The fraction of sp³-hybridized carbons (Fsp3) is 0.607. The van der Waals surface area contributed by atoms with E-state index in [4.69, 9.17) is 16.3 Å². The van der Waals surface area contributed by atoms with Gasteiger partial charge in [-0.05, 0) is 49.5 Å². The number of carbonyl (C=O) groups is 3. The summed E-state index contributed by atoms with van der Waals surface area (Å²) in [4.78, 5) is 42.1. The standard InChI is InChI=1S/C28H39ClN2O4/c1-2-3-4-5-6-10-20-35-24-16-14-22(15-17-24)21-25-26(32)30(19-11-18-29)28(34)31(27(25)33)23-12-8-7-9-13-23/h14-17,21,23H,2-13,18-20H2,1H3/b25-21+. The summed E-state index contributed by atoms with van der Waals surface area (Å²) < 4.78 is 5.84. The third-order valence-electron chi connectivity index (χ3n) is 6.77. The van der Waals surface area contributed by atoms with Crippen LogP contribution in [0.2, 0.25) is 0 Å². The lowest BCUT2D eigenvalue weighted by atomic mass is 9.93. The van der Waals surface area contributed by atoms with Gasteiger partial charge in [0.05, 0.1) is 6.61 Å². The van der Waals surface area contributed by atoms with E-state index in [0.29, 0.717) is 18.9 Å². The summed E-state index contributed by atoms with van der Waals surface area (Å²) in [5.74, 6) is 0.0796. The van der Waals surface area contributed by atoms with Crippen LogP contribution in [-0.4, -0.2) is 52.7 Å². The molecule has 192 valence electrons. The van der Waals surface area contributed by atoms with Crippen molar-refractivity contribution in [3.63, 3.8) is 0 Å². The number of hydrogen-bond donors (Lipinski definition) is 0. The first-order valence-corrected chi connectivity index (χ1v) is 13.8. The predicted molar refractivity (Wildman–Crippen MR) is 139 cm³/mol. The van der Waals surface area contributed by atoms with Gasteiger partial charge in [0.15, 0.2) is 0 Å². The SMILES string of the molecule is CCCCCCCCOc1ccc(/C=C2\C(=O)N(CCCCl)C(=O)N(C3CCCCC3)C2=O)cc1. The second-order valence-electron chi connectivity index (χ2n) is 9.49. The van der Waals surface area contributed by atoms with Crippen LogP contribution in [0.4, 0.5) is 4.79 Å². The summed E-state index contributed by atoms with van der Waals surface area (Å²) in [6.07, 6.45) is 14.0. The molecular formula is C28H39ClN2O4. The Labute approximate surface area is 214 Å². The largest absolute Gasteiger partial charge is 0.494 e. The number of amides is 4. The van der Waals surface area contributed by atoms with Gasteiger partial charge in [0.2, 0.25) is 0 Å². The van der Waals surface area contributed by atoms with Gasteiger partial charge >= 0.3 is 6.03 Å². The van der Waals surface area contributed by atoms with Crippen LogP contribution in [0, 0.1) is 0 Å². The molecule has 0 atom stereocenters. The highest BCUT2D eigenvalue weighted by atomic mass is 35.5. The first-order valence-electron chi connectivity index (χ1n) is 13.3. The van der Waals surface area contributed by atoms with E-state index in [9.17, 15) is 14.4 Å². The minimum atomic E-state index is -0.541. The minimum Gasteiger partial charge on any atom is -0.494 e. The smallest absolute Gasteiger partial charge is 0.334 e. The fourth-order valence-corrected chi connectivity index (χ4v) is 4.89. The molecule has 1 saturated carbocycles. The maximum absolute atomic E-state index is 13.3. The minimum absolute atomic E-state index is 0.0329. The van der Waals surface area contributed by atoms with Gasteiger partial charge in [-0.2, -0.15) is 0 Å². The summed E-state index contributed by atoms with van der Waals surface area (Å²) in [5.41, 5.74) is 0.759. The van der Waals surface area contributed by atoms with E-state index in [1.54, 1.807) is 6.08 Å². The molecule has 2 fully saturated rings. The summed E-state index contributed by atoms with van der Waals surface area (Å²) in [7, 11) is 0. The molecule has 0 radical (unpaired) electrons. The number of halogens is 1. The number of alkyl halides is 1. The number of ether oxygens (including phenoxy) is 1. The Morgan fingerprint density at radius 3 is 2.29 bits per heavy atom. The van der Waals surface area contributed by atoms with Crippen molar-refractivity contribution in [2.75, 3.05) is 19.0 Å². The number of nitrogens with zero attached hydrogens (tertiary/aromatic N) is 2. The molecule has 2 aliphatic rings. The quantitative estimate of drug-likeness (QED) is 0.132. The zero-order chi connectivity index (χ0) is 25.0. The number of barbiturate groups is 1. The first-order chi connectivity index (χ1) is 17.1. The van der Waals surface area contributed by atoms with Gasteiger partial charge in [-0.25, -0.2) is 4.79 Å². The van der Waals surface area contributed by atoms with Crippen LogP contribution in [0.1, 0.15) is 89.5 Å². The Hall–Kier alpha value is -2.34. The number of rotatable bonds is 13. The topological polar surface area (TPSA) is 66.9 Å². The maximum Gasteiger partial charge on any atom is 0.334 e. The Morgan fingerprint density at radius 1 is 0.914 bits per heavy atom. The number of benzene rings is 1. The van der Waals surface area contributed by atoms with Gasteiger partial charge in [-0.3, -0.25) is 19.4 Å². The summed E-state index contributed by atoms with van der Waals surface area (Å²) in [6, 6.07) is 6.74. The molecule has 7 heteroatoms. The third-order valence-corrected chi connectivity index (χ3v) is 7.04. The lowest BCUT2D eigenvalue weighted by Crippen LogP contribution is -2.59. The van der Waals surface area contributed by atoms with Crippen LogP contribution in [0.25, 0.3) is 6.08 Å². The zero-order valence-corrected chi connectivity index (χ0v) is 21.7. The van der Waals surface area contributed by atoms with Crippen molar-refractivity contribution >= 4 is 35.5 Å². The molecule has 1 aliphatic carbocycles. The van der Waals surface area contributed by atoms with Crippen molar-refractivity contribution in [3.05, 3.63) is 35.4 Å². The van der Waals surface area contributed by atoms with E-state index in [0.717, 1.165) is 49.8 Å². The molecule has 6 nitrogen and oxygen atoms in total. The lowest BCUT2D eigenvalue weighted by Gasteiger charge is -2.39. The van der Waals surface area contributed by atoms with E-state index < -0.39 is 17.8 Å². The fourth-order valence-electron chi connectivity index (χ4n) is 4.77. The highest BCUT2D eigenvalue weighted by Gasteiger charge is 2.44. The summed E-state index contributed by atoms with van der Waals surface area (Å²) >= 11 is 5.83. The molecule has 1 aromatic rings. The molecule has 35 heavy (non-hydrogen) atoms. The van der Waals surface area contributed by atoms with Crippen LogP contribution < -0.4 is 4.74 Å². The van der Waals surface area contributed by atoms with Crippen LogP contribution in [0.3, 0.4) is 0 Å². The van der Waals surface area contributed by atoms with Crippen molar-refractivity contribution in [1.82, 2.24) is 9.80 Å². The van der Waals surface area contributed by atoms with Crippen LogP contribution in [-0.2, 0) is 9.59 Å². The third kappa shape index (κ3) is 7.57. The average molecular weight is 503 g/mol. The number of imide groups is 2. The Balaban J connectivity index is 1.69. The van der Waals surface area contributed by atoms with Gasteiger partial charge in [0.25, 0.3) is 11.8 Å². The molecule has 0 bridgehead atoms. The molecule has 1 saturated heterocycles. The van der Waals surface area contributed by atoms with E-state index in [1.807, 2.05) is 24.3 Å². The van der Waals surface area contributed by atoms with E-state index in [-0.39, 0.29) is 18.2 Å². The number of unbranched alkanes of at least 4 members (excludes halogenated alkanes) is 5. The lowest BCUT2D eigenvalue weighted by molar-refractivity contribution is -0.137. The molecule has 0 N–H and O–H groups in total. The molecule has 1 aliphatic heterocycles. The first kappa shape index (κ1) is 27.3. The monoisotopic (exact) mass is 502 g/mol. The van der Waals surface area contributed by atoms with Gasteiger partial charge < -0.3 is 4.74 Å². The second kappa shape index (κ2) is 14.3.